The fourth-order valence-electron chi connectivity index (χ4n) is 2.39. The summed E-state index contributed by atoms with van der Waals surface area (Å²) < 4.78 is 11.0. The van der Waals surface area contributed by atoms with Crippen LogP contribution >= 0.6 is 0 Å². The summed E-state index contributed by atoms with van der Waals surface area (Å²) in [5.41, 5.74) is 6.04. The van der Waals surface area contributed by atoms with Crippen LogP contribution in [0.25, 0.3) is 0 Å². The Kier molecular flexibility index (Phi) is 5.72. The molecular formula is C16H25N3O2. The van der Waals surface area contributed by atoms with Crippen LogP contribution in [0, 0.1) is 0 Å². The van der Waals surface area contributed by atoms with Gasteiger partial charge in [0.2, 0.25) is 0 Å². The Morgan fingerprint density at radius 2 is 2.00 bits per heavy atom. The monoisotopic (exact) mass is 291 g/mol. The molecule has 1 aliphatic heterocycles. The lowest BCUT2D eigenvalue weighted by molar-refractivity contribution is 0.228. The molecule has 2 N–H and O–H groups in total. The molecule has 0 amide bonds. The zero-order valence-corrected chi connectivity index (χ0v) is 12.9. The van der Waals surface area contributed by atoms with Crippen LogP contribution in [0.5, 0.6) is 11.5 Å². The summed E-state index contributed by atoms with van der Waals surface area (Å²) in [6.45, 7) is 4.58. The van der Waals surface area contributed by atoms with Gasteiger partial charge < -0.3 is 20.1 Å². The first-order chi connectivity index (χ1) is 10.2. The number of benzene rings is 1. The van der Waals surface area contributed by atoms with E-state index in [2.05, 4.69) is 9.89 Å². The molecule has 2 rings (SSSR count). The maximum absolute atomic E-state index is 6.04. The average Bonchev–Trinajstić information content (AvgIpc) is 2.53. The molecule has 1 aliphatic rings. The summed E-state index contributed by atoms with van der Waals surface area (Å²) in [5, 5.41) is 0. The van der Waals surface area contributed by atoms with Crippen LogP contribution in [-0.2, 0) is 0 Å². The molecule has 0 aliphatic carbocycles. The van der Waals surface area contributed by atoms with Crippen LogP contribution in [0.2, 0.25) is 0 Å². The van der Waals surface area contributed by atoms with E-state index in [-0.39, 0.29) is 6.10 Å². The lowest BCUT2D eigenvalue weighted by Crippen LogP contribution is -2.41. The van der Waals surface area contributed by atoms with Crippen molar-refractivity contribution in [2.75, 3.05) is 26.7 Å². The zero-order chi connectivity index (χ0) is 15.1. The molecule has 5 nitrogen and oxygen atoms in total. The number of ether oxygens (including phenoxy) is 2. The van der Waals surface area contributed by atoms with Crippen molar-refractivity contribution >= 4 is 5.96 Å². The van der Waals surface area contributed by atoms with Gasteiger partial charge in [0.15, 0.2) is 5.96 Å². The summed E-state index contributed by atoms with van der Waals surface area (Å²) in [5.74, 6) is 2.21. The van der Waals surface area contributed by atoms with Crippen molar-refractivity contribution in [1.82, 2.24) is 4.90 Å². The SMILES string of the molecule is COc1cccc(OC(C)CN=C(N)N2CCCCC2)c1. The van der Waals surface area contributed by atoms with Crippen molar-refractivity contribution in [1.29, 1.82) is 0 Å². The Balaban J connectivity index is 1.84. The number of aliphatic imine (C=N–C) groups is 1. The second kappa shape index (κ2) is 7.76. The van der Waals surface area contributed by atoms with Gasteiger partial charge >= 0.3 is 0 Å². The quantitative estimate of drug-likeness (QED) is 0.668. The zero-order valence-electron chi connectivity index (χ0n) is 12.9. The number of hydrogen-bond acceptors (Lipinski definition) is 3. The molecule has 1 heterocycles. The van der Waals surface area contributed by atoms with Crippen molar-refractivity contribution < 1.29 is 9.47 Å². The highest BCUT2D eigenvalue weighted by Crippen LogP contribution is 2.20. The van der Waals surface area contributed by atoms with E-state index < -0.39 is 0 Å². The molecule has 1 atom stereocenters. The number of likely N-dealkylation sites (tertiary alicyclic amines) is 1. The number of piperidine rings is 1. The molecule has 1 aromatic rings. The van der Waals surface area contributed by atoms with E-state index in [0.29, 0.717) is 12.5 Å². The molecular weight excluding hydrogens is 266 g/mol. The van der Waals surface area contributed by atoms with E-state index in [1.54, 1.807) is 7.11 Å². The van der Waals surface area contributed by atoms with Crippen LogP contribution in [0.15, 0.2) is 29.3 Å². The van der Waals surface area contributed by atoms with Gasteiger partial charge in [-0.15, -0.1) is 0 Å². The third-order valence-corrected chi connectivity index (χ3v) is 3.57. The number of nitrogens with zero attached hydrogens (tertiary/aromatic N) is 2. The number of methoxy groups -OCH3 is 1. The summed E-state index contributed by atoms with van der Waals surface area (Å²) in [6, 6.07) is 7.58. The van der Waals surface area contributed by atoms with Crippen LogP contribution in [0.3, 0.4) is 0 Å². The van der Waals surface area contributed by atoms with Gasteiger partial charge in [-0.25, -0.2) is 4.99 Å². The van der Waals surface area contributed by atoms with Crippen LogP contribution < -0.4 is 15.2 Å². The predicted molar refractivity (Wildman–Crippen MR) is 85.0 cm³/mol. The fraction of sp³-hybridized carbons (Fsp3) is 0.562. The minimum Gasteiger partial charge on any atom is -0.497 e. The lowest BCUT2D eigenvalue weighted by Gasteiger charge is -2.27. The predicted octanol–water partition coefficient (Wildman–Crippen LogP) is 2.26. The second-order valence-electron chi connectivity index (χ2n) is 5.35. The number of nitrogens with two attached hydrogens (primary N) is 1. The first-order valence-corrected chi connectivity index (χ1v) is 7.54. The Morgan fingerprint density at radius 3 is 2.71 bits per heavy atom. The molecule has 0 saturated carbocycles. The molecule has 116 valence electrons. The molecule has 5 heteroatoms. The Bertz CT molecular complexity index is 470. The molecule has 1 saturated heterocycles. The van der Waals surface area contributed by atoms with Crippen molar-refractivity contribution in [2.24, 2.45) is 10.7 Å². The maximum Gasteiger partial charge on any atom is 0.191 e. The highest BCUT2D eigenvalue weighted by atomic mass is 16.5. The molecule has 1 fully saturated rings. The largest absolute Gasteiger partial charge is 0.497 e. The van der Waals surface area contributed by atoms with E-state index in [4.69, 9.17) is 15.2 Å². The average molecular weight is 291 g/mol. The van der Waals surface area contributed by atoms with Crippen LogP contribution in [0.4, 0.5) is 0 Å². The van der Waals surface area contributed by atoms with Gasteiger partial charge in [-0.2, -0.15) is 0 Å². The first kappa shape index (κ1) is 15.5. The van der Waals surface area contributed by atoms with Gasteiger partial charge in [0, 0.05) is 19.2 Å². The summed E-state index contributed by atoms with van der Waals surface area (Å²) >= 11 is 0. The van der Waals surface area contributed by atoms with Crippen molar-refractivity contribution in [3.05, 3.63) is 24.3 Å². The molecule has 1 aromatic carbocycles. The van der Waals surface area contributed by atoms with E-state index in [0.717, 1.165) is 24.6 Å². The smallest absolute Gasteiger partial charge is 0.191 e. The summed E-state index contributed by atoms with van der Waals surface area (Å²) in [7, 11) is 1.64. The minimum atomic E-state index is -0.0274. The second-order valence-corrected chi connectivity index (χ2v) is 5.35. The van der Waals surface area contributed by atoms with Gasteiger partial charge in [0.25, 0.3) is 0 Å². The number of rotatable bonds is 5. The molecule has 21 heavy (non-hydrogen) atoms. The van der Waals surface area contributed by atoms with Crippen molar-refractivity contribution in [3.63, 3.8) is 0 Å². The van der Waals surface area contributed by atoms with Gasteiger partial charge in [-0.3, -0.25) is 0 Å². The van der Waals surface area contributed by atoms with Gasteiger partial charge in [-0.1, -0.05) is 6.07 Å². The summed E-state index contributed by atoms with van der Waals surface area (Å²) in [6.07, 6.45) is 3.66. The van der Waals surface area contributed by atoms with E-state index in [1.165, 1.54) is 19.3 Å². The first-order valence-electron chi connectivity index (χ1n) is 7.54. The number of guanidine groups is 1. The van der Waals surface area contributed by atoms with E-state index >= 15 is 0 Å². The number of hydrogen-bond donors (Lipinski definition) is 1. The highest BCUT2D eigenvalue weighted by molar-refractivity contribution is 5.78. The standard InChI is InChI=1S/C16H25N3O2/c1-13(21-15-8-6-7-14(11-15)20-2)12-18-16(17)19-9-4-3-5-10-19/h6-8,11,13H,3-5,9-10,12H2,1-2H3,(H2,17,18). The van der Waals surface area contributed by atoms with Gasteiger partial charge in [-0.05, 0) is 38.3 Å². The molecule has 0 spiro atoms. The summed E-state index contributed by atoms with van der Waals surface area (Å²) in [4.78, 5) is 6.61. The molecule has 0 aromatic heterocycles. The topological polar surface area (TPSA) is 60.1 Å². The van der Waals surface area contributed by atoms with Crippen molar-refractivity contribution in [2.45, 2.75) is 32.3 Å². The molecule has 0 radical (unpaired) electrons. The lowest BCUT2D eigenvalue weighted by atomic mass is 10.1. The Morgan fingerprint density at radius 1 is 1.29 bits per heavy atom. The molecule has 1 unspecified atom stereocenters. The van der Waals surface area contributed by atoms with Gasteiger partial charge in [0.05, 0.1) is 13.7 Å². The minimum absolute atomic E-state index is 0.0274. The highest BCUT2D eigenvalue weighted by Gasteiger charge is 2.12. The van der Waals surface area contributed by atoms with Crippen LogP contribution in [0.1, 0.15) is 26.2 Å². The maximum atomic E-state index is 6.04. The fourth-order valence-corrected chi connectivity index (χ4v) is 2.39. The third-order valence-electron chi connectivity index (χ3n) is 3.57. The molecule has 0 bridgehead atoms. The van der Waals surface area contributed by atoms with Crippen LogP contribution in [-0.4, -0.2) is 43.7 Å². The van der Waals surface area contributed by atoms with E-state index in [1.807, 2.05) is 31.2 Å². The van der Waals surface area contributed by atoms with Gasteiger partial charge in [0.1, 0.15) is 17.6 Å². The van der Waals surface area contributed by atoms with E-state index in [9.17, 15) is 0 Å². The Labute approximate surface area is 126 Å². The normalized spacial score (nSPS) is 17.4. The van der Waals surface area contributed by atoms with Crippen molar-refractivity contribution in [3.8, 4) is 11.5 Å². The Hall–Kier alpha value is -1.91. The third kappa shape index (κ3) is 4.85.